The number of rotatable bonds is 5. The van der Waals surface area contributed by atoms with E-state index in [1.165, 1.54) is 35.8 Å². The zero-order valence-electron chi connectivity index (χ0n) is 13.1. The molecule has 1 aliphatic rings. The van der Waals surface area contributed by atoms with Crippen LogP contribution in [0.15, 0.2) is 4.47 Å². The van der Waals surface area contributed by atoms with Crippen molar-refractivity contribution in [3.05, 3.63) is 15.9 Å². The summed E-state index contributed by atoms with van der Waals surface area (Å²) in [7, 11) is 4.33. The summed E-state index contributed by atoms with van der Waals surface area (Å²) in [6.07, 6.45) is 5.16. The SMILES string of the molecule is CCn1nc(C)c(Br)c1CN(C)C1CCC(NC)CC1. The summed E-state index contributed by atoms with van der Waals surface area (Å²) in [5, 5.41) is 7.99. The molecule has 0 amide bonds. The lowest BCUT2D eigenvalue weighted by Crippen LogP contribution is -2.39. The van der Waals surface area contributed by atoms with Crippen molar-refractivity contribution >= 4 is 15.9 Å². The molecule has 1 aliphatic carbocycles. The zero-order valence-corrected chi connectivity index (χ0v) is 14.7. The van der Waals surface area contributed by atoms with Crippen LogP contribution in [0.25, 0.3) is 0 Å². The largest absolute Gasteiger partial charge is 0.317 e. The van der Waals surface area contributed by atoms with E-state index in [0.717, 1.165) is 24.8 Å². The Morgan fingerprint density at radius 2 is 2.00 bits per heavy atom. The van der Waals surface area contributed by atoms with Gasteiger partial charge in [-0.3, -0.25) is 9.58 Å². The predicted octanol–water partition coefficient (Wildman–Crippen LogP) is 2.94. The van der Waals surface area contributed by atoms with Crippen LogP contribution in [0.1, 0.15) is 44.0 Å². The lowest BCUT2D eigenvalue weighted by molar-refractivity contribution is 0.166. The summed E-state index contributed by atoms with van der Waals surface area (Å²) in [4.78, 5) is 2.50. The molecular formula is C15H27BrN4. The average molecular weight is 343 g/mol. The first-order chi connectivity index (χ1) is 9.56. The Kier molecular flexibility index (Phi) is 5.64. The fourth-order valence-corrected chi connectivity index (χ4v) is 3.60. The summed E-state index contributed by atoms with van der Waals surface area (Å²) < 4.78 is 3.30. The summed E-state index contributed by atoms with van der Waals surface area (Å²) in [6, 6.07) is 1.42. The molecule has 2 rings (SSSR count). The van der Waals surface area contributed by atoms with Crippen LogP contribution < -0.4 is 5.32 Å². The van der Waals surface area contributed by atoms with Crippen LogP contribution in [0.2, 0.25) is 0 Å². The molecule has 0 unspecified atom stereocenters. The molecule has 0 atom stereocenters. The second kappa shape index (κ2) is 7.05. The third-order valence-corrected chi connectivity index (χ3v) is 5.61. The van der Waals surface area contributed by atoms with Gasteiger partial charge in [-0.2, -0.15) is 5.10 Å². The fourth-order valence-electron chi connectivity index (χ4n) is 3.19. The molecule has 1 saturated carbocycles. The van der Waals surface area contributed by atoms with Crippen LogP contribution >= 0.6 is 15.9 Å². The normalized spacial score (nSPS) is 23.5. The van der Waals surface area contributed by atoms with E-state index in [2.05, 4.69) is 63.9 Å². The van der Waals surface area contributed by atoms with Crippen LogP contribution in [-0.2, 0) is 13.1 Å². The van der Waals surface area contributed by atoms with Crippen molar-refractivity contribution < 1.29 is 0 Å². The van der Waals surface area contributed by atoms with Gasteiger partial charge in [0.2, 0.25) is 0 Å². The molecule has 0 radical (unpaired) electrons. The van der Waals surface area contributed by atoms with Crippen LogP contribution in [-0.4, -0.2) is 40.9 Å². The molecular weight excluding hydrogens is 316 g/mol. The molecule has 0 saturated heterocycles. The molecule has 0 aliphatic heterocycles. The van der Waals surface area contributed by atoms with Gasteiger partial charge < -0.3 is 5.32 Å². The maximum Gasteiger partial charge on any atom is 0.0739 e. The quantitative estimate of drug-likeness (QED) is 0.892. The minimum Gasteiger partial charge on any atom is -0.317 e. The first kappa shape index (κ1) is 16.0. The Hall–Kier alpha value is -0.390. The van der Waals surface area contributed by atoms with Gasteiger partial charge in [0.25, 0.3) is 0 Å². The van der Waals surface area contributed by atoms with Gasteiger partial charge in [0.15, 0.2) is 0 Å². The Labute approximate surface area is 131 Å². The number of aromatic nitrogens is 2. The summed E-state index contributed by atoms with van der Waals surface area (Å²) in [5.41, 5.74) is 2.40. The van der Waals surface area contributed by atoms with E-state index in [0.29, 0.717) is 6.04 Å². The van der Waals surface area contributed by atoms with Crippen molar-refractivity contribution in [1.29, 1.82) is 0 Å². The molecule has 4 nitrogen and oxygen atoms in total. The van der Waals surface area contributed by atoms with Crippen molar-refractivity contribution in [1.82, 2.24) is 20.0 Å². The van der Waals surface area contributed by atoms with Crippen LogP contribution in [0, 0.1) is 6.92 Å². The minimum absolute atomic E-state index is 0.701. The maximum absolute atomic E-state index is 4.59. The van der Waals surface area contributed by atoms with E-state index in [9.17, 15) is 0 Å². The molecule has 1 N–H and O–H groups in total. The second-order valence-corrected chi connectivity index (χ2v) is 6.66. The van der Waals surface area contributed by atoms with E-state index in [-0.39, 0.29) is 0 Å². The second-order valence-electron chi connectivity index (χ2n) is 5.87. The Bertz CT molecular complexity index is 435. The van der Waals surface area contributed by atoms with Crippen molar-refractivity contribution in [2.75, 3.05) is 14.1 Å². The molecule has 0 aromatic carbocycles. The van der Waals surface area contributed by atoms with E-state index in [4.69, 9.17) is 0 Å². The van der Waals surface area contributed by atoms with Crippen molar-refractivity contribution in [3.8, 4) is 0 Å². The number of nitrogens with one attached hydrogen (secondary N) is 1. The van der Waals surface area contributed by atoms with Crippen LogP contribution in [0.5, 0.6) is 0 Å². The molecule has 5 heteroatoms. The van der Waals surface area contributed by atoms with E-state index in [1.807, 2.05) is 0 Å². The van der Waals surface area contributed by atoms with E-state index in [1.54, 1.807) is 0 Å². The third-order valence-electron chi connectivity index (χ3n) is 4.58. The van der Waals surface area contributed by atoms with Gasteiger partial charge in [-0.25, -0.2) is 0 Å². The Balaban J connectivity index is 2.00. The molecule has 1 heterocycles. The zero-order chi connectivity index (χ0) is 14.7. The van der Waals surface area contributed by atoms with E-state index >= 15 is 0 Å². The standard InChI is InChI=1S/C15H27BrN4/c1-5-20-14(15(16)11(2)18-20)10-19(4)13-8-6-12(17-3)7-9-13/h12-13,17H,5-10H2,1-4H3. The minimum atomic E-state index is 0.701. The topological polar surface area (TPSA) is 33.1 Å². The van der Waals surface area contributed by atoms with Crippen LogP contribution in [0.3, 0.4) is 0 Å². The molecule has 114 valence electrons. The van der Waals surface area contributed by atoms with Gasteiger partial charge in [-0.05, 0) is 69.6 Å². The van der Waals surface area contributed by atoms with E-state index < -0.39 is 0 Å². The highest BCUT2D eigenvalue weighted by atomic mass is 79.9. The molecule has 1 aromatic rings. The highest BCUT2D eigenvalue weighted by molar-refractivity contribution is 9.10. The first-order valence-corrected chi connectivity index (χ1v) is 8.45. The van der Waals surface area contributed by atoms with Gasteiger partial charge in [0, 0.05) is 25.2 Å². The number of halogens is 1. The molecule has 1 aromatic heterocycles. The van der Waals surface area contributed by atoms with Gasteiger partial charge in [0.1, 0.15) is 0 Å². The molecule has 1 fully saturated rings. The lowest BCUT2D eigenvalue weighted by Gasteiger charge is -2.34. The number of aryl methyl sites for hydroxylation is 2. The Morgan fingerprint density at radius 1 is 1.35 bits per heavy atom. The summed E-state index contributed by atoms with van der Waals surface area (Å²) in [5.74, 6) is 0. The third kappa shape index (κ3) is 3.43. The fraction of sp³-hybridized carbons (Fsp3) is 0.800. The first-order valence-electron chi connectivity index (χ1n) is 7.66. The number of hydrogen-bond donors (Lipinski definition) is 1. The average Bonchev–Trinajstić information content (AvgIpc) is 2.75. The van der Waals surface area contributed by atoms with Crippen molar-refractivity contribution in [2.45, 2.75) is 64.7 Å². The van der Waals surface area contributed by atoms with Gasteiger partial charge in [-0.15, -0.1) is 0 Å². The van der Waals surface area contributed by atoms with Crippen molar-refractivity contribution in [3.63, 3.8) is 0 Å². The Morgan fingerprint density at radius 3 is 2.55 bits per heavy atom. The smallest absolute Gasteiger partial charge is 0.0739 e. The summed E-state index contributed by atoms with van der Waals surface area (Å²) in [6.45, 7) is 6.13. The molecule has 0 spiro atoms. The lowest BCUT2D eigenvalue weighted by atomic mass is 9.90. The number of hydrogen-bond acceptors (Lipinski definition) is 3. The predicted molar refractivity (Wildman–Crippen MR) is 86.9 cm³/mol. The molecule has 20 heavy (non-hydrogen) atoms. The van der Waals surface area contributed by atoms with Crippen LogP contribution in [0.4, 0.5) is 0 Å². The monoisotopic (exact) mass is 342 g/mol. The molecule has 0 bridgehead atoms. The van der Waals surface area contributed by atoms with Gasteiger partial charge >= 0.3 is 0 Å². The van der Waals surface area contributed by atoms with Crippen molar-refractivity contribution in [2.24, 2.45) is 0 Å². The van der Waals surface area contributed by atoms with Gasteiger partial charge in [0.05, 0.1) is 15.9 Å². The summed E-state index contributed by atoms with van der Waals surface area (Å²) >= 11 is 3.70. The maximum atomic E-state index is 4.59. The number of nitrogens with zero attached hydrogens (tertiary/aromatic N) is 3. The van der Waals surface area contributed by atoms with Gasteiger partial charge in [-0.1, -0.05) is 0 Å². The highest BCUT2D eigenvalue weighted by Gasteiger charge is 2.24. The highest BCUT2D eigenvalue weighted by Crippen LogP contribution is 2.26.